The second-order valence-corrected chi connectivity index (χ2v) is 5.04. The summed E-state index contributed by atoms with van der Waals surface area (Å²) >= 11 is 0. The molecule has 0 radical (unpaired) electrons. The van der Waals surface area contributed by atoms with Crippen molar-refractivity contribution in [2.75, 3.05) is 13.2 Å². The van der Waals surface area contributed by atoms with Crippen LogP contribution in [-0.4, -0.2) is 19.3 Å². The van der Waals surface area contributed by atoms with E-state index in [0.29, 0.717) is 19.6 Å². The largest absolute Gasteiger partial charge is 0.375 e. The minimum absolute atomic E-state index is 0.0295. The summed E-state index contributed by atoms with van der Waals surface area (Å²) in [6.45, 7) is 8.81. The van der Waals surface area contributed by atoms with Gasteiger partial charge in [0.15, 0.2) is 0 Å². The molecule has 0 aromatic carbocycles. The van der Waals surface area contributed by atoms with Crippen LogP contribution in [0.15, 0.2) is 34.7 Å². The fourth-order valence-electron chi connectivity index (χ4n) is 2.02. The molecule has 18 heavy (non-hydrogen) atoms. The Morgan fingerprint density at radius 1 is 1.50 bits per heavy atom. The highest BCUT2D eigenvalue weighted by Gasteiger charge is 2.16. The molecule has 0 aliphatic heterocycles. The molecule has 0 saturated carbocycles. The van der Waals surface area contributed by atoms with Crippen LogP contribution in [0.5, 0.6) is 0 Å². The van der Waals surface area contributed by atoms with Gasteiger partial charge in [-0.15, -0.1) is 0 Å². The summed E-state index contributed by atoms with van der Waals surface area (Å²) < 4.78 is 19.6. The van der Waals surface area contributed by atoms with Gasteiger partial charge in [-0.25, -0.2) is 4.39 Å². The lowest BCUT2D eigenvalue weighted by Crippen LogP contribution is -2.22. The van der Waals surface area contributed by atoms with E-state index in [1.54, 1.807) is 0 Å². The van der Waals surface area contributed by atoms with Crippen LogP contribution < -0.4 is 5.73 Å². The molecular formula is C15H24FNO. The molecule has 1 rings (SSSR count). The number of rotatable bonds is 5. The highest BCUT2D eigenvalue weighted by molar-refractivity contribution is 5.41. The van der Waals surface area contributed by atoms with E-state index in [0.717, 1.165) is 16.7 Å². The number of allylic oxidation sites excluding steroid dienone is 5. The standard InChI is InChI=1S/C15H24FNO/c1-5-13-7-14(9-18-8-12(4)17)10(2)6-11(3)15(13)16/h6-7,10,12H,5,8-9,17H2,1-4H3. The second kappa shape index (κ2) is 6.86. The maximum Gasteiger partial charge on any atom is 0.128 e. The third kappa shape index (κ3) is 4.07. The Bertz CT molecular complexity index is 380. The van der Waals surface area contributed by atoms with Crippen molar-refractivity contribution in [2.24, 2.45) is 11.7 Å². The average Bonchev–Trinajstić information content (AvgIpc) is 2.40. The molecule has 3 heteroatoms. The maximum absolute atomic E-state index is 14.0. The molecule has 2 unspecified atom stereocenters. The number of nitrogens with two attached hydrogens (primary N) is 1. The Hall–Kier alpha value is -0.930. The molecule has 0 aromatic rings. The van der Waals surface area contributed by atoms with Gasteiger partial charge in [0, 0.05) is 6.04 Å². The van der Waals surface area contributed by atoms with Gasteiger partial charge in [0.2, 0.25) is 0 Å². The summed E-state index contributed by atoms with van der Waals surface area (Å²) in [5.74, 6) is 0.111. The monoisotopic (exact) mass is 253 g/mol. The highest BCUT2D eigenvalue weighted by atomic mass is 19.1. The minimum atomic E-state index is -0.0912. The van der Waals surface area contributed by atoms with E-state index >= 15 is 0 Å². The molecule has 0 amide bonds. The summed E-state index contributed by atoms with van der Waals surface area (Å²) in [6, 6.07) is 0.0295. The summed E-state index contributed by atoms with van der Waals surface area (Å²) in [6.07, 6.45) is 4.59. The van der Waals surface area contributed by atoms with E-state index in [1.165, 1.54) is 0 Å². The Morgan fingerprint density at radius 2 is 2.17 bits per heavy atom. The van der Waals surface area contributed by atoms with Gasteiger partial charge < -0.3 is 10.5 Å². The number of hydrogen-bond donors (Lipinski definition) is 1. The minimum Gasteiger partial charge on any atom is -0.375 e. The number of halogens is 1. The highest BCUT2D eigenvalue weighted by Crippen LogP contribution is 2.29. The molecular weight excluding hydrogens is 229 g/mol. The first-order chi connectivity index (χ1) is 8.45. The molecule has 0 heterocycles. The van der Waals surface area contributed by atoms with Gasteiger partial charge in [-0.05, 0) is 42.9 Å². The summed E-state index contributed by atoms with van der Waals surface area (Å²) in [7, 11) is 0. The average molecular weight is 253 g/mol. The van der Waals surface area contributed by atoms with Gasteiger partial charge >= 0.3 is 0 Å². The lowest BCUT2D eigenvalue weighted by Gasteiger charge is -2.14. The summed E-state index contributed by atoms with van der Waals surface area (Å²) in [4.78, 5) is 0. The van der Waals surface area contributed by atoms with Crippen LogP contribution in [0.2, 0.25) is 0 Å². The van der Waals surface area contributed by atoms with Gasteiger partial charge in [0.25, 0.3) is 0 Å². The van der Waals surface area contributed by atoms with Crippen LogP contribution in [0.4, 0.5) is 4.39 Å². The second-order valence-electron chi connectivity index (χ2n) is 5.04. The van der Waals surface area contributed by atoms with Crippen LogP contribution in [0, 0.1) is 5.92 Å². The zero-order valence-electron chi connectivity index (χ0n) is 11.8. The summed E-state index contributed by atoms with van der Waals surface area (Å²) in [5, 5.41) is 0. The Balaban J connectivity index is 2.83. The molecule has 0 aromatic heterocycles. The molecule has 0 bridgehead atoms. The predicted molar refractivity (Wildman–Crippen MR) is 73.9 cm³/mol. The first-order valence-electron chi connectivity index (χ1n) is 6.56. The van der Waals surface area contributed by atoms with Crippen molar-refractivity contribution in [2.45, 2.75) is 40.2 Å². The molecule has 2 N–H and O–H groups in total. The van der Waals surface area contributed by atoms with Crippen molar-refractivity contribution in [1.82, 2.24) is 0 Å². The molecule has 0 saturated heterocycles. The Morgan fingerprint density at radius 3 is 2.72 bits per heavy atom. The van der Waals surface area contributed by atoms with Gasteiger partial charge in [0.05, 0.1) is 13.2 Å². The maximum atomic E-state index is 14.0. The van der Waals surface area contributed by atoms with Crippen molar-refractivity contribution in [3.63, 3.8) is 0 Å². The smallest absolute Gasteiger partial charge is 0.128 e. The number of ether oxygens (including phenoxy) is 1. The first kappa shape index (κ1) is 15.1. The predicted octanol–water partition coefficient (Wildman–Crippen LogP) is 3.51. The molecule has 1 aliphatic carbocycles. The Kier molecular flexibility index (Phi) is 5.76. The molecule has 1 aliphatic rings. The Labute approximate surface area is 109 Å². The van der Waals surface area contributed by atoms with Crippen molar-refractivity contribution in [1.29, 1.82) is 0 Å². The van der Waals surface area contributed by atoms with Crippen LogP contribution in [0.1, 0.15) is 34.1 Å². The van der Waals surface area contributed by atoms with E-state index in [-0.39, 0.29) is 17.8 Å². The van der Waals surface area contributed by atoms with Crippen LogP contribution in [0.25, 0.3) is 0 Å². The lowest BCUT2D eigenvalue weighted by atomic mass is 10.00. The van der Waals surface area contributed by atoms with E-state index in [4.69, 9.17) is 10.5 Å². The topological polar surface area (TPSA) is 35.2 Å². The lowest BCUT2D eigenvalue weighted by molar-refractivity contribution is 0.141. The van der Waals surface area contributed by atoms with E-state index < -0.39 is 0 Å². The molecule has 102 valence electrons. The number of hydrogen-bond acceptors (Lipinski definition) is 2. The van der Waals surface area contributed by atoms with Crippen molar-refractivity contribution in [3.05, 3.63) is 34.7 Å². The van der Waals surface area contributed by atoms with Crippen LogP contribution in [0.3, 0.4) is 0 Å². The van der Waals surface area contributed by atoms with Crippen LogP contribution in [-0.2, 0) is 4.74 Å². The SMILES string of the molecule is CCC1=C(F)C(C)=CC(C)C(COCC(C)N)=C1. The van der Waals surface area contributed by atoms with E-state index in [2.05, 4.69) is 6.92 Å². The quantitative estimate of drug-likeness (QED) is 0.813. The van der Waals surface area contributed by atoms with Crippen molar-refractivity contribution < 1.29 is 9.13 Å². The molecule has 0 fully saturated rings. The van der Waals surface area contributed by atoms with E-state index in [1.807, 2.05) is 32.9 Å². The van der Waals surface area contributed by atoms with Gasteiger partial charge in [-0.1, -0.05) is 26.0 Å². The van der Waals surface area contributed by atoms with Crippen molar-refractivity contribution >= 4 is 0 Å². The third-order valence-corrected chi connectivity index (χ3v) is 3.10. The fourth-order valence-corrected chi connectivity index (χ4v) is 2.02. The zero-order valence-corrected chi connectivity index (χ0v) is 11.8. The molecule has 0 spiro atoms. The van der Waals surface area contributed by atoms with Gasteiger partial charge in [-0.3, -0.25) is 0 Å². The van der Waals surface area contributed by atoms with Crippen LogP contribution >= 0.6 is 0 Å². The van der Waals surface area contributed by atoms with Gasteiger partial charge in [0.1, 0.15) is 5.83 Å². The normalized spacial score (nSPS) is 22.4. The molecule has 2 atom stereocenters. The van der Waals surface area contributed by atoms with Gasteiger partial charge in [-0.2, -0.15) is 0 Å². The van der Waals surface area contributed by atoms with E-state index in [9.17, 15) is 4.39 Å². The first-order valence-corrected chi connectivity index (χ1v) is 6.56. The fraction of sp³-hybridized carbons (Fsp3) is 0.600. The third-order valence-electron chi connectivity index (χ3n) is 3.10. The summed E-state index contributed by atoms with van der Waals surface area (Å²) in [5.41, 5.74) is 8.23. The molecule has 2 nitrogen and oxygen atoms in total. The zero-order chi connectivity index (χ0) is 13.7. The van der Waals surface area contributed by atoms with Crippen molar-refractivity contribution in [3.8, 4) is 0 Å².